The van der Waals surface area contributed by atoms with E-state index < -0.39 is 12.0 Å². The molecule has 8 heteroatoms. The predicted molar refractivity (Wildman–Crippen MR) is 99.4 cm³/mol. The molecule has 0 aromatic heterocycles. The van der Waals surface area contributed by atoms with E-state index in [1.54, 1.807) is 24.3 Å². The smallest absolute Gasteiger partial charge is 0.425 e. The standard InChI is InChI=1S/C17H25N3O4S/c1-3-4-5-6-7-12-24-14-10-8-13(9-11-14)15(21)18-16(25)19-20-17(22)23-2/h8-11H,3-7,12H2,1-2H3,(H,20,22)(H2,18,19,21,25). The van der Waals surface area contributed by atoms with Crippen LogP contribution in [0, 0.1) is 0 Å². The zero-order chi connectivity index (χ0) is 18.5. The molecule has 0 bridgehead atoms. The number of ether oxygens (including phenoxy) is 2. The van der Waals surface area contributed by atoms with Crippen molar-refractivity contribution < 1.29 is 19.1 Å². The van der Waals surface area contributed by atoms with Crippen molar-refractivity contribution >= 4 is 29.3 Å². The number of rotatable bonds is 8. The molecule has 0 spiro atoms. The van der Waals surface area contributed by atoms with Gasteiger partial charge in [-0.05, 0) is 42.9 Å². The summed E-state index contributed by atoms with van der Waals surface area (Å²) in [5.41, 5.74) is 4.92. The van der Waals surface area contributed by atoms with Crippen LogP contribution in [-0.4, -0.2) is 30.8 Å². The molecule has 0 aliphatic heterocycles. The van der Waals surface area contributed by atoms with E-state index in [0.717, 1.165) is 12.2 Å². The van der Waals surface area contributed by atoms with Crippen LogP contribution in [0.15, 0.2) is 24.3 Å². The second kappa shape index (κ2) is 12.1. The van der Waals surface area contributed by atoms with Crippen LogP contribution < -0.4 is 20.9 Å². The summed E-state index contributed by atoms with van der Waals surface area (Å²) in [6, 6.07) is 6.78. The van der Waals surface area contributed by atoms with Crippen LogP contribution in [0.1, 0.15) is 49.4 Å². The zero-order valence-electron chi connectivity index (χ0n) is 14.6. The molecule has 1 rings (SSSR count). The molecule has 0 heterocycles. The van der Waals surface area contributed by atoms with Gasteiger partial charge in [-0.15, -0.1) is 0 Å². The first-order valence-electron chi connectivity index (χ1n) is 8.25. The second-order valence-electron chi connectivity index (χ2n) is 5.31. The lowest BCUT2D eigenvalue weighted by atomic mass is 10.2. The maximum absolute atomic E-state index is 12.0. The molecule has 0 aliphatic carbocycles. The molecular formula is C17H25N3O4S. The summed E-state index contributed by atoms with van der Waals surface area (Å²) in [4.78, 5) is 22.9. The monoisotopic (exact) mass is 367 g/mol. The Morgan fingerprint density at radius 2 is 1.72 bits per heavy atom. The van der Waals surface area contributed by atoms with Crippen LogP contribution in [0.3, 0.4) is 0 Å². The molecule has 25 heavy (non-hydrogen) atoms. The first-order chi connectivity index (χ1) is 12.1. The Labute approximate surface area is 153 Å². The Morgan fingerprint density at radius 1 is 1.04 bits per heavy atom. The van der Waals surface area contributed by atoms with Crippen molar-refractivity contribution in [3.8, 4) is 5.75 Å². The molecule has 0 saturated carbocycles. The molecule has 2 amide bonds. The number of amides is 2. The lowest BCUT2D eigenvalue weighted by molar-refractivity contribution is 0.0975. The Hall–Kier alpha value is -2.35. The number of nitrogens with one attached hydrogen (secondary N) is 3. The van der Waals surface area contributed by atoms with E-state index in [1.807, 2.05) is 0 Å². The number of hydrogen-bond acceptors (Lipinski definition) is 5. The molecular weight excluding hydrogens is 342 g/mol. The molecule has 0 atom stereocenters. The summed E-state index contributed by atoms with van der Waals surface area (Å²) < 4.78 is 10.0. The summed E-state index contributed by atoms with van der Waals surface area (Å²) in [7, 11) is 1.22. The van der Waals surface area contributed by atoms with Gasteiger partial charge in [-0.25, -0.2) is 10.2 Å². The van der Waals surface area contributed by atoms with Gasteiger partial charge in [0.05, 0.1) is 13.7 Å². The number of methoxy groups -OCH3 is 1. The molecule has 0 saturated heterocycles. The molecule has 0 fully saturated rings. The van der Waals surface area contributed by atoms with E-state index in [4.69, 9.17) is 17.0 Å². The highest BCUT2D eigenvalue weighted by molar-refractivity contribution is 7.80. The Balaban J connectivity index is 2.33. The fourth-order valence-electron chi connectivity index (χ4n) is 1.96. The minimum atomic E-state index is -0.715. The minimum Gasteiger partial charge on any atom is -0.494 e. The number of unbranched alkanes of at least 4 members (excludes halogenated alkanes) is 4. The minimum absolute atomic E-state index is 0.0391. The lowest BCUT2D eigenvalue weighted by Crippen LogP contribution is -2.48. The Kier molecular flexibility index (Phi) is 10.00. The van der Waals surface area contributed by atoms with E-state index >= 15 is 0 Å². The fourth-order valence-corrected chi connectivity index (χ4v) is 2.11. The van der Waals surface area contributed by atoms with Crippen LogP contribution in [0.4, 0.5) is 4.79 Å². The van der Waals surface area contributed by atoms with Gasteiger partial charge < -0.3 is 9.47 Å². The highest BCUT2D eigenvalue weighted by Gasteiger charge is 2.08. The van der Waals surface area contributed by atoms with Crippen molar-refractivity contribution in [3.05, 3.63) is 29.8 Å². The van der Waals surface area contributed by atoms with E-state index in [9.17, 15) is 9.59 Å². The van der Waals surface area contributed by atoms with E-state index in [2.05, 4.69) is 27.8 Å². The largest absolute Gasteiger partial charge is 0.494 e. The highest BCUT2D eigenvalue weighted by atomic mass is 32.1. The van der Waals surface area contributed by atoms with Crippen LogP contribution in [0.25, 0.3) is 0 Å². The first-order valence-corrected chi connectivity index (χ1v) is 8.65. The van der Waals surface area contributed by atoms with Crippen LogP contribution >= 0.6 is 12.2 Å². The number of hydrogen-bond donors (Lipinski definition) is 3. The Morgan fingerprint density at radius 3 is 2.36 bits per heavy atom. The van der Waals surface area contributed by atoms with Crippen molar-refractivity contribution in [2.24, 2.45) is 0 Å². The van der Waals surface area contributed by atoms with Crippen molar-refractivity contribution in [1.82, 2.24) is 16.2 Å². The van der Waals surface area contributed by atoms with Crippen molar-refractivity contribution in [2.75, 3.05) is 13.7 Å². The third-order valence-electron chi connectivity index (χ3n) is 3.32. The molecule has 7 nitrogen and oxygen atoms in total. The molecule has 1 aromatic carbocycles. The van der Waals surface area contributed by atoms with Gasteiger partial charge in [0.25, 0.3) is 5.91 Å². The summed E-state index contributed by atoms with van der Waals surface area (Å²) in [5, 5.41) is 2.40. The number of carbonyl (C=O) groups excluding carboxylic acids is 2. The van der Waals surface area contributed by atoms with Gasteiger partial charge in [-0.2, -0.15) is 0 Å². The summed E-state index contributed by atoms with van der Waals surface area (Å²) in [5.74, 6) is 0.329. The molecule has 0 unspecified atom stereocenters. The molecule has 1 aromatic rings. The van der Waals surface area contributed by atoms with E-state index in [-0.39, 0.29) is 5.11 Å². The van der Waals surface area contributed by atoms with Crippen molar-refractivity contribution in [2.45, 2.75) is 39.0 Å². The van der Waals surface area contributed by atoms with Gasteiger partial charge in [0.15, 0.2) is 5.11 Å². The van der Waals surface area contributed by atoms with E-state index in [0.29, 0.717) is 12.2 Å². The lowest BCUT2D eigenvalue weighted by Gasteiger charge is -2.10. The molecule has 3 N–H and O–H groups in total. The van der Waals surface area contributed by atoms with Crippen LogP contribution in [0.5, 0.6) is 5.75 Å². The van der Waals surface area contributed by atoms with Gasteiger partial charge in [0, 0.05) is 5.56 Å². The highest BCUT2D eigenvalue weighted by Crippen LogP contribution is 2.13. The molecule has 0 aliphatic rings. The molecule has 0 radical (unpaired) electrons. The Bertz CT molecular complexity index is 564. The summed E-state index contributed by atoms with van der Waals surface area (Å²) >= 11 is 4.89. The van der Waals surface area contributed by atoms with Gasteiger partial charge in [-0.1, -0.05) is 32.6 Å². The predicted octanol–water partition coefficient (Wildman–Crippen LogP) is 2.91. The van der Waals surface area contributed by atoms with Crippen LogP contribution in [0.2, 0.25) is 0 Å². The number of thiocarbonyl (C=S) groups is 1. The summed E-state index contributed by atoms with van der Waals surface area (Å²) in [6.07, 6.45) is 5.19. The van der Waals surface area contributed by atoms with Crippen molar-refractivity contribution in [3.63, 3.8) is 0 Å². The number of hydrazine groups is 1. The molecule has 138 valence electrons. The van der Waals surface area contributed by atoms with Gasteiger partial charge in [0.1, 0.15) is 5.75 Å². The third-order valence-corrected chi connectivity index (χ3v) is 3.53. The van der Waals surface area contributed by atoms with Gasteiger partial charge >= 0.3 is 6.09 Å². The maximum Gasteiger partial charge on any atom is 0.425 e. The topological polar surface area (TPSA) is 88.7 Å². The van der Waals surface area contributed by atoms with Crippen LogP contribution in [-0.2, 0) is 4.74 Å². The average molecular weight is 367 g/mol. The van der Waals surface area contributed by atoms with Gasteiger partial charge in [-0.3, -0.25) is 15.5 Å². The normalized spacial score (nSPS) is 9.84. The SMILES string of the molecule is CCCCCCCOc1ccc(C(=O)NC(=S)NNC(=O)OC)cc1. The quantitative estimate of drug-likeness (QED) is 0.372. The third kappa shape index (κ3) is 8.90. The number of carbonyl (C=O) groups is 2. The second-order valence-corrected chi connectivity index (χ2v) is 5.72. The van der Waals surface area contributed by atoms with E-state index in [1.165, 1.54) is 32.8 Å². The fraction of sp³-hybridized carbons (Fsp3) is 0.471. The number of benzene rings is 1. The maximum atomic E-state index is 12.0. The van der Waals surface area contributed by atoms with Crippen molar-refractivity contribution in [1.29, 1.82) is 0 Å². The average Bonchev–Trinajstić information content (AvgIpc) is 2.63. The first kappa shape index (κ1) is 20.7. The zero-order valence-corrected chi connectivity index (χ0v) is 15.4. The van der Waals surface area contributed by atoms with Gasteiger partial charge in [0.2, 0.25) is 0 Å². The summed E-state index contributed by atoms with van der Waals surface area (Å²) in [6.45, 7) is 2.86.